The summed E-state index contributed by atoms with van der Waals surface area (Å²) in [4.78, 5) is 62.2. The van der Waals surface area contributed by atoms with E-state index in [9.17, 15) is 28.0 Å². The summed E-state index contributed by atoms with van der Waals surface area (Å²) in [6, 6.07) is 6.70. The summed E-state index contributed by atoms with van der Waals surface area (Å²) in [7, 11) is 1.67. The fraction of sp³-hybridized carbons (Fsp3) is 0.512. The number of carbonyl (C=O) groups excluding carboxylic acids is 3. The first kappa shape index (κ1) is 40.1. The van der Waals surface area contributed by atoms with E-state index >= 15 is 0 Å². The third-order valence-corrected chi connectivity index (χ3v) is 13.5. The van der Waals surface area contributed by atoms with E-state index in [2.05, 4.69) is 42.1 Å². The van der Waals surface area contributed by atoms with Crippen LogP contribution in [0.25, 0.3) is 27.9 Å². The number of nitrogens with one attached hydrogen (secondary N) is 1. The molecule has 2 bridgehead atoms. The quantitative estimate of drug-likeness (QED) is 0.164. The number of primary amides is 1. The molecule has 1 aromatic carbocycles. The van der Waals surface area contributed by atoms with Crippen molar-refractivity contribution in [3.63, 3.8) is 0 Å². The van der Waals surface area contributed by atoms with Crippen LogP contribution in [0.2, 0.25) is 0 Å². The molecule has 62 heavy (non-hydrogen) atoms. The van der Waals surface area contributed by atoms with Gasteiger partial charge in [0, 0.05) is 65.1 Å². The zero-order valence-electron chi connectivity index (χ0n) is 34.4. The molecule has 4 aromatic heterocycles. The molecule has 4 aliphatic heterocycles. The lowest BCUT2D eigenvalue weighted by molar-refractivity contribution is -0.135. The topological polar surface area (TPSA) is 183 Å². The van der Waals surface area contributed by atoms with Gasteiger partial charge in [0.15, 0.2) is 5.65 Å². The monoisotopic (exact) mass is 850 g/mol. The first-order valence-corrected chi connectivity index (χ1v) is 21.4. The van der Waals surface area contributed by atoms with Crippen molar-refractivity contribution in [3.8, 4) is 23.1 Å². The molecule has 5 aromatic rings. The highest BCUT2D eigenvalue weighted by molar-refractivity contribution is 6.05. The molecule has 3 N–H and O–H groups in total. The van der Waals surface area contributed by atoms with Crippen LogP contribution >= 0.6 is 0 Å². The average molecular weight is 851 g/mol. The number of rotatable bonds is 9. The molecule has 3 atom stereocenters. The molecule has 324 valence electrons. The minimum atomic E-state index is -2.88. The standard InChI is InChI=1S/C43H48F2N12O5/c1-51-38-26(4-2-6-31(38)57(43(51)61)32-11-12-34(58)48-42(32)60)5-3-14-52-16-18-53(19-17-52)21-25-7-9-27(10-8-25)56-23-30(37(50-56)39(44)45)36-35(40(46)59)41-47-33(13-15-55(41)49-36)54-22-29-20-28(54)24-62-29/h2,4,6,13,15,23,25,27-29,32,39H,7-12,14,16-22,24H2,1H3,(H2,46,59)(H,48,58,60)/t25?,27?,28-,29-,32-/m1/s1. The number of halogens is 2. The number of imide groups is 1. The third kappa shape index (κ3) is 7.22. The first-order chi connectivity index (χ1) is 30.0. The van der Waals surface area contributed by atoms with Crippen molar-refractivity contribution >= 4 is 40.2 Å². The second-order valence-corrected chi connectivity index (χ2v) is 17.3. The molecule has 17 nitrogen and oxygen atoms in total. The molecule has 1 saturated carbocycles. The summed E-state index contributed by atoms with van der Waals surface area (Å²) in [6.45, 7) is 6.39. The number of hydrogen-bond donors (Lipinski definition) is 2. The van der Waals surface area contributed by atoms with Crippen LogP contribution in [0, 0.1) is 17.8 Å². The molecule has 5 aliphatic rings. The normalized spacial score (nSPS) is 24.6. The Morgan fingerprint density at radius 3 is 2.52 bits per heavy atom. The number of alkyl halides is 2. The average Bonchev–Trinajstić information content (AvgIpc) is 4.11. The Labute approximate surface area is 354 Å². The number of morpholine rings is 1. The number of carbonyl (C=O) groups is 3. The summed E-state index contributed by atoms with van der Waals surface area (Å²) < 4.78 is 41.0. The summed E-state index contributed by atoms with van der Waals surface area (Å²) in [5, 5.41) is 11.3. The van der Waals surface area contributed by atoms with Gasteiger partial charge in [0.2, 0.25) is 11.8 Å². The largest absolute Gasteiger partial charge is 0.374 e. The van der Waals surface area contributed by atoms with E-state index in [1.807, 2.05) is 18.2 Å². The number of aryl methyl sites for hydroxylation is 1. The number of hydrogen-bond acceptors (Lipinski definition) is 11. The Balaban J connectivity index is 0.755. The van der Waals surface area contributed by atoms with Gasteiger partial charge < -0.3 is 20.3 Å². The van der Waals surface area contributed by atoms with E-state index in [4.69, 9.17) is 15.5 Å². The lowest BCUT2D eigenvalue weighted by Gasteiger charge is -2.37. The van der Waals surface area contributed by atoms with Crippen LogP contribution in [-0.2, 0) is 21.4 Å². The Morgan fingerprint density at radius 1 is 1.02 bits per heavy atom. The first-order valence-electron chi connectivity index (χ1n) is 21.4. The number of ether oxygens (including phenoxy) is 1. The highest BCUT2D eigenvalue weighted by Gasteiger charge is 2.40. The van der Waals surface area contributed by atoms with Crippen molar-refractivity contribution in [2.75, 3.05) is 57.3 Å². The molecule has 19 heteroatoms. The van der Waals surface area contributed by atoms with Gasteiger partial charge in [0.05, 0.1) is 53.5 Å². The van der Waals surface area contributed by atoms with Crippen LogP contribution in [0.3, 0.4) is 0 Å². The minimum Gasteiger partial charge on any atom is -0.374 e. The number of nitrogens with two attached hydrogens (primary N) is 1. The molecule has 0 radical (unpaired) electrons. The van der Waals surface area contributed by atoms with Gasteiger partial charge in [-0.1, -0.05) is 17.9 Å². The maximum Gasteiger partial charge on any atom is 0.329 e. The molecule has 1 aliphatic carbocycles. The summed E-state index contributed by atoms with van der Waals surface area (Å²) in [6.07, 6.45) is 5.36. The van der Waals surface area contributed by atoms with E-state index in [1.165, 1.54) is 13.6 Å². The summed E-state index contributed by atoms with van der Waals surface area (Å²) in [5.41, 5.74) is 7.46. The van der Waals surface area contributed by atoms with Crippen molar-refractivity contribution in [2.24, 2.45) is 18.7 Å². The van der Waals surface area contributed by atoms with Gasteiger partial charge in [-0.2, -0.15) is 10.2 Å². The fourth-order valence-electron chi connectivity index (χ4n) is 10.2. The van der Waals surface area contributed by atoms with Gasteiger partial charge in [0.25, 0.3) is 12.3 Å². The molecule has 3 amide bonds. The van der Waals surface area contributed by atoms with Gasteiger partial charge in [-0.05, 0) is 62.6 Å². The number of piperazine rings is 1. The van der Waals surface area contributed by atoms with Crippen molar-refractivity contribution in [3.05, 3.63) is 64.0 Å². The maximum atomic E-state index is 14.6. The molecule has 10 rings (SSSR count). The summed E-state index contributed by atoms with van der Waals surface area (Å²) >= 11 is 0. The van der Waals surface area contributed by atoms with E-state index in [1.54, 1.807) is 30.2 Å². The number of aromatic nitrogens is 7. The number of piperidine rings is 1. The number of amides is 3. The smallest absolute Gasteiger partial charge is 0.329 e. The van der Waals surface area contributed by atoms with Gasteiger partial charge in [-0.3, -0.25) is 38.4 Å². The Kier molecular flexibility index (Phi) is 10.4. The molecule has 8 heterocycles. The predicted molar refractivity (Wildman–Crippen MR) is 223 cm³/mol. The van der Waals surface area contributed by atoms with E-state index in [-0.39, 0.29) is 65.1 Å². The zero-order valence-corrected chi connectivity index (χ0v) is 34.4. The highest BCUT2D eigenvalue weighted by Crippen LogP contribution is 2.39. The van der Waals surface area contributed by atoms with Crippen molar-refractivity contribution in [1.29, 1.82) is 0 Å². The fourth-order valence-corrected chi connectivity index (χ4v) is 10.2. The van der Waals surface area contributed by atoms with Crippen LogP contribution in [0.5, 0.6) is 0 Å². The Morgan fingerprint density at radius 2 is 1.81 bits per heavy atom. The number of anilines is 1. The van der Waals surface area contributed by atoms with Crippen LogP contribution in [-0.4, -0.2) is 126 Å². The van der Waals surface area contributed by atoms with Gasteiger partial charge in [-0.25, -0.2) is 23.1 Å². The number of imidazole rings is 1. The van der Waals surface area contributed by atoms with E-state index < -0.39 is 30.0 Å². The molecule has 5 fully saturated rings. The highest BCUT2D eigenvalue weighted by atomic mass is 19.3. The molecular weight excluding hydrogens is 803 g/mol. The molecule has 0 unspecified atom stereocenters. The van der Waals surface area contributed by atoms with Crippen molar-refractivity contribution < 1.29 is 27.9 Å². The number of benzene rings is 1. The van der Waals surface area contributed by atoms with Gasteiger partial charge in [0.1, 0.15) is 28.8 Å². The van der Waals surface area contributed by atoms with Crippen LogP contribution < -0.4 is 21.6 Å². The van der Waals surface area contributed by atoms with Crippen molar-refractivity contribution in [1.82, 2.24) is 48.6 Å². The Bertz CT molecular complexity index is 2710. The van der Waals surface area contributed by atoms with Crippen LogP contribution in [0.15, 0.2) is 41.5 Å². The predicted octanol–water partition coefficient (Wildman–Crippen LogP) is 2.64. The van der Waals surface area contributed by atoms with E-state index in [0.29, 0.717) is 48.0 Å². The molecule has 0 spiro atoms. The summed E-state index contributed by atoms with van der Waals surface area (Å²) in [5.74, 6) is 6.11. The second kappa shape index (κ2) is 16.1. The number of fused-ring (bicyclic) bond motifs is 4. The molecule has 4 saturated heterocycles. The molecular formula is C43H48F2N12O5. The Hall–Kier alpha value is -5.97. The second-order valence-electron chi connectivity index (χ2n) is 17.3. The maximum absolute atomic E-state index is 14.6. The lowest BCUT2D eigenvalue weighted by atomic mass is 9.85. The van der Waals surface area contributed by atoms with Gasteiger partial charge in [-0.15, -0.1) is 0 Å². The minimum absolute atomic E-state index is 0.00488. The third-order valence-electron chi connectivity index (χ3n) is 13.5. The lowest BCUT2D eigenvalue weighted by Crippen LogP contribution is -2.48. The zero-order chi connectivity index (χ0) is 42.8. The number of nitrogens with zero attached hydrogens (tertiary/aromatic N) is 10. The number of para-hydroxylation sites is 1. The van der Waals surface area contributed by atoms with Crippen LogP contribution in [0.1, 0.15) is 85.1 Å². The SMILES string of the molecule is Cn1c(=O)n([C@@H]2CCC(=O)NC2=O)c2cccc(C#CCN3CCN(CC4CCC(n5cc(-c6nn7ccc(N8C[C@H]9C[C@@H]8CO9)nc7c6C(N)=O)c(C(F)F)n5)CC4)CC3)c21. The van der Waals surface area contributed by atoms with Crippen LogP contribution in [0.4, 0.5) is 14.6 Å². The van der Waals surface area contributed by atoms with Gasteiger partial charge >= 0.3 is 5.69 Å². The van der Waals surface area contributed by atoms with E-state index in [0.717, 1.165) is 64.8 Å². The van der Waals surface area contributed by atoms with Crippen molar-refractivity contribution in [2.45, 2.75) is 75.6 Å².